The number of aliphatic carboxylic acids is 5. The average molecular weight is 2290 g/mol. The van der Waals surface area contributed by atoms with Crippen LogP contribution in [-0.4, -0.2) is 336 Å². The molecule has 0 fully saturated rings. The number of hydrogen-bond acceptors (Lipinski definition) is 24. The third kappa shape index (κ3) is 64.3. The van der Waals surface area contributed by atoms with Crippen molar-refractivity contribution in [3.8, 4) is 0 Å². The van der Waals surface area contributed by atoms with Crippen molar-refractivity contribution in [2.24, 2.45) is 11.5 Å². The molecule has 0 spiro atoms. The molecule has 10 atom stereocenters. The van der Waals surface area contributed by atoms with Gasteiger partial charge in [-0.05, 0) is 33.4 Å². The van der Waals surface area contributed by atoms with Crippen molar-refractivity contribution >= 4 is 165 Å². The summed E-state index contributed by atoms with van der Waals surface area (Å²) in [5, 5.41) is 68.8. The van der Waals surface area contributed by atoms with E-state index >= 15 is 28.8 Å². The van der Waals surface area contributed by atoms with Gasteiger partial charge in [-0.1, -0.05) is 182 Å². The normalized spacial score (nSPS) is 13.7. The van der Waals surface area contributed by atoms with E-state index in [9.17, 15) is 85.0 Å². The maximum Gasteiger partial charge on any atom is 0.490 e. The number of alkyl halides is 15. The Hall–Kier alpha value is -10.6. The van der Waals surface area contributed by atoms with Crippen LogP contribution in [0.15, 0.2) is 182 Å². The summed E-state index contributed by atoms with van der Waals surface area (Å²) < 4.78 is 158. The number of nitrogens with one attached hydrogen (secondary N) is 9. The summed E-state index contributed by atoms with van der Waals surface area (Å²) in [5.41, 5.74) is 16.6. The van der Waals surface area contributed by atoms with Gasteiger partial charge in [0.25, 0.3) is 0 Å². The molecule has 10 amide bonds. The summed E-state index contributed by atoms with van der Waals surface area (Å²) in [6.45, 7) is 26.7. The molecule has 0 aromatic heterocycles. The second kappa shape index (κ2) is 67.1. The van der Waals surface area contributed by atoms with Crippen molar-refractivity contribution < 1.29 is 163 Å². The molecule has 6 aromatic rings. The van der Waals surface area contributed by atoms with E-state index in [0.29, 0.717) is 45.1 Å². The van der Waals surface area contributed by atoms with Crippen LogP contribution in [0, 0.1) is 0 Å². The van der Waals surface area contributed by atoms with Crippen LogP contribution in [0.1, 0.15) is 33.4 Å². The lowest BCUT2D eigenvalue weighted by atomic mass is 10.0. The Morgan fingerprint density at radius 2 is 0.400 bits per heavy atom. The van der Waals surface area contributed by atoms with Gasteiger partial charge in [0.2, 0.25) is 59.1 Å². The van der Waals surface area contributed by atoms with Gasteiger partial charge in [-0.3, -0.25) is 47.9 Å². The van der Waals surface area contributed by atoms with Crippen molar-refractivity contribution in [2.45, 2.75) is 130 Å². The highest BCUT2D eigenvalue weighted by molar-refractivity contribution is 8.00. The van der Waals surface area contributed by atoms with Crippen LogP contribution in [0.5, 0.6) is 0 Å². The van der Waals surface area contributed by atoms with E-state index in [2.05, 4.69) is 128 Å². The zero-order valence-corrected chi connectivity index (χ0v) is 90.6. The number of benzene rings is 6. The predicted molar refractivity (Wildman–Crippen MR) is 551 cm³/mol. The number of thioether (sulfide) groups is 4. The number of primary amides is 1. The molecule has 0 aliphatic carbocycles. The SMILES string of the molecule is C[P+](C)(C)CCSC[C@H](NC(=O)[C@H](Cc1ccccc1)NC(=O)[C@H](Cc1ccccc1)NC(=O)[C@H](CSCC[P+](C)(C)C)NC(=O)[C@H](Cc1ccccc1)NC(=O)[C@H](Cc1ccccc1)NC(=O)[C@H](CSCC[P+](C)(C)C)NC(=O)[C@H](Cc1ccccc1)NC(=O)[C@H](Cc1ccccc1)NC(=O)[C@@H](N)CSCC[P+](C)(C)C)C(N)=O.O=C(O)C(F)(F)F.O=C([O-])C(F)(F)F.O=C([O-])C(F)(F)F.O=C([O-])C(F)(F)F.O=C([O-])C(F)(F)F. The fraction of sp³-hybridized carbons (Fsp3) is 0.469. The lowest BCUT2D eigenvalue weighted by Gasteiger charge is -2.29. The quantitative estimate of drug-likeness (QED) is 0.0118. The second-order valence-electron chi connectivity index (χ2n) is 37.0. The summed E-state index contributed by atoms with van der Waals surface area (Å²) >= 11 is 6.02. The van der Waals surface area contributed by atoms with Gasteiger partial charge in [-0.15, -0.1) is 0 Å². The molecule has 6 aromatic carbocycles. The molecule has 6 rings (SSSR count). The van der Waals surface area contributed by atoms with Crippen LogP contribution in [0.2, 0.25) is 0 Å². The number of amides is 10. The molecule has 0 radical (unpaired) electrons. The van der Waals surface area contributed by atoms with Crippen molar-refractivity contribution in [1.29, 1.82) is 0 Å². The molecule has 834 valence electrons. The zero-order valence-electron chi connectivity index (χ0n) is 83.8. The fourth-order valence-corrected chi connectivity index (χ4v) is 24.9. The number of carboxylic acids is 5. The maximum absolute atomic E-state index is 15.5. The first-order valence-corrected chi connectivity index (χ1v) is 63.0. The Balaban J connectivity index is 0.00000273. The monoisotopic (exact) mass is 2290 g/mol. The van der Waals surface area contributed by atoms with Gasteiger partial charge in [-0.25, -0.2) is 4.79 Å². The summed E-state index contributed by atoms with van der Waals surface area (Å²) in [7, 11) is -4.81. The molecular formula is C96H126F15N11O20P4S4. The molecule has 31 nitrogen and oxygen atoms in total. The number of hydrogen-bond donors (Lipinski definition) is 12. The molecular weight excluding hydrogens is 2160 g/mol. The van der Waals surface area contributed by atoms with Gasteiger partial charge in [0.1, 0.15) is 78.3 Å². The smallest absolute Gasteiger partial charge is 0.490 e. The fourth-order valence-electron chi connectivity index (χ4n) is 11.6. The predicted octanol–water partition coefficient (Wildman–Crippen LogP) is 6.01. The van der Waals surface area contributed by atoms with Crippen LogP contribution in [0.25, 0.3) is 0 Å². The molecule has 54 heteroatoms. The van der Waals surface area contributed by atoms with E-state index in [1.807, 2.05) is 121 Å². The first-order chi connectivity index (χ1) is 69.2. The summed E-state index contributed by atoms with van der Waals surface area (Å²) in [5.74, 6) is -18.1. The first-order valence-electron chi connectivity index (χ1n) is 45.2. The number of carbonyl (C=O) groups excluding carboxylic acids is 14. The maximum atomic E-state index is 15.5. The molecule has 14 N–H and O–H groups in total. The highest BCUT2D eigenvalue weighted by Crippen LogP contribution is 2.49. The summed E-state index contributed by atoms with van der Waals surface area (Å²) in [6, 6.07) is 42.2. The standard InChI is InChI=1S/C86H121N11O10P4S4.5C2HF3O2/c1-108(2,3)43-47-112-57-67(87)78(99)89-68(51-61-31-19-13-20-32-61)79(100)91-72(55-65-39-27-17-28-40-65)83(104)96-75(59-114-49-45-110(7,8)9)86(107)94-70(53-63-35-23-15-24-36-63)81(102)92-73(56-66-41-29-18-30-42-66)84(105)97-76(60-115-50-46-111(10,11)12)85(106)93-69(52-62-33-21-14-22-34-62)80(101)90-71(54-64-37-25-16-26-38-64)82(103)95-74(77(88)98)58-113-48-44-109(4,5)6;5*3-2(4,5)1(6)7/h13-42,67-76H,43-60,87H2,1-12H3,(H7-4,88,89,90,91,92,93,94,95,96,97,98,99,100,101,102,103,104,105,106,107);5*(H,6,7)/t67-,68-,69-,70-,71-,72-,73-,74-,75-,76-;;;;;/m0...../s1. The minimum Gasteiger partial charge on any atom is -0.542 e. The van der Waals surface area contributed by atoms with Crippen molar-refractivity contribution in [1.82, 2.24) is 47.9 Å². The second-order valence-corrected chi connectivity index (χ2v) is 61.7. The molecule has 0 saturated heterocycles. The number of halogens is 15. The summed E-state index contributed by atoms with van der Waals surface area (Å²) in [6.07, 6.45) is -22.2. The molecule has 0 bridgehead atoms. The van der Waals surface area contributed by atoms with Crippen molar-refractivity contribution in [2.75, 3.05) is 151 Å². The minimum absolute atomic E-state index is 0.00473. The first kappa shape index (κ1) is 137. The topological polar surface area (TPSA) is 529 Å². The van der Waals surface area contributed by atoms with E-state index in [-0.39, 0.29) is 55.8 Å². The van der Waals surface area contributed by atoms with Gasteiger partial charge in [0.05, 0.1) is 30.7 Å². The van der Waals surface area contributed by atoms with Crippen LogP contribution in [0.4, 0.5) is 65.9 Å². The minimum atomic E-state index is -5.19. The van der Waals surface area contributed by atoms with Crippen molar-refractivity contribution in [3.05, 3.63) is 215 Å². The Bertz CT molecular complexity index is 5070. The highest BCUT2D eigenvalue weighted by Gasteiger charge is 2.41. The molecule has 0 aliphatic rings. The van der Waals surface area contributed by atoms with Gasteiger partial charge < -0.3 is 104 Å². The average Bonchev–Trinajstić information content (AvgIpc) is 0.841. The van der Waals surface area contributed by atoms with Gasteiger partial charge >= 0.3 is 36.9 Å². The van der Waals surface area contributed by atoms with E-state index in [1.165, 1.54) is 35.3 Å². The van der Waals surface area contributed by atoms with E-state index in [0.717, 1.165) is 41.7 Å². The number of rotatable bonds is 51. The number of nitrogens with two attached hydrogens (primary N) is 2. The Kier molecular flexibility index (Phi) is 61.4. The van der Waals surface area contributed by atoms with Crippen LogP contribution < -0.4 is 79.7 Å². The molecule has 0 unspecified atom stereocenters. The third-order valence-electron chi connectivity index (χ3n) is 19.7. The Morgan fingerprint density at radius 3 is 0.553 bits per heavy atom. The third-order valence-corrected chi connectivity index (χ3v) is 31.4. The number of carbonyl (C=O) groups is 15. The van der Waals surface area contributed by atoms with Gasteiger partial charge in [0.15, 0.2) is 0 Å². The van der Waals surface area contributed by atoms with Crippen LogP contribution in [0.3, 0.4) is 0 Å². The molecule has 0 heterocycles. The Morgan fingerprint density at radius 1 is 0.260 bits per heavy atom. The molecule has 150 heavy (non-hydrogen) atoms. The largest absolute Gasteiger partial charge is 0.542 e. The molecule has 0 aliphatic heterocycles. The van der Waals surface area contributed by atoms with Gasteiger partial charge in [0, 0.05) is 194 Å². The van der Waals surface area contributed by atoms with E-state index in [1.54, 1.807) is 72.4 Å². The van der Waals surface area contributed by atoms with Gasteiger partial charge in [-0.2, -0.15) is 113 Å². The van der Waals surface area contributed by atoms with Crippen LogP contribution in [-0.2, 0) is 110 Å². The lowest BCUT2D eigenvalue weighted by Crippen LogP contribution is -2.62. The number of carboxylic acid groups (broad SMARTS) is 5. The van der Waals surface area contributed by atoms with E-state index < -0.39 is 209 Å². The van der Waals surface area contributed by atoms with Crippen LogP contribution >= 0.6 is 76.1 Å². The lowest BCUT2D eigenvalue weighted by molar-refractivity contribution is -0.344. The highest BCUT2D eigenvalue weighted by atomic mass is 32.2. The van der Waals surface area contributed by atoms with E-state index in [4.69, 9.17) is 61.0 Å². The zero-order chi connectivity index (χ0) is 115. The molecule has 0 saturated carbocycles. The summed E-state index contributed by atoms with van der Waals surface area (Å²) in [4.78, 5) is 193. The Labute approximate surface area is 878 Å². The van der Waals surface area contributed by atoms with Crippen molar-refractivity contribution in [3.63, 3.8) is 0 Å².